The van der Waals surface area contributed by atoms with Gasteiger partial charge in [0.05, 0.1) is 6.54 Å². The van der Waals surface area contributed by atoms with Crippen LogP contribution in [-0.4, -0.2) is 48.3 Å². The van der Waals surface area contributed by atoms with E-state index >= 15 is 0 Å². The van der Waals surface area contributed by atoms with Crippen LogP contribution in [0.25, 0.3) is 0 Å². The molecule has 0 radical (unpaired) electrons. The van der Waals surface area contributed by atoms with Gasteiger partial charge in [0.2, 0.25) is 5.91 Å². The first-order valence-corrected chi connectivity index (χ1v) is 7.55. The maximum Gasteiger partial charge on any atom is 0.289 e. The van der Waals surface area contributed by atoms with Gasteiger partial charge in [0, 0.05) is 20.1 Å². The lowest BCUT2D eigenvalue weighted by molar-refractivity contribution is -0.133. The quantitative estimate of drug-likeness (QED) is 0.847. The van der Waals surface area contributed by atoms with Crippen molar-refractivity contribution in [2.24, 2.45) is 5.92 Å². The Morgan fingerprint density at radius 3 is 2.85 bits per heavy atom. The van der Waals surface area contributed by atoms with Gasteiger partial charge in [-0.3, -0.25) is 9.59 Å². The molecule has 1 aliphatic rings. The number of halogens is 1. The number of likely N-dealkylation sites (N-methyl/N-ethyl adjacent to an activating group) is 1. The van der Waals surface area contributed by atoms with Crippen LogP contribution in [0.4, 0.5) is 0 Å². The molecule has 1 atom stereocenters. The Bertz CT molecular complexity index is 500. The number of carbonyl (C=O) groups excluding carboxylic acids is 2. The van der Waals surface area contributed by atoms with Crippen LogP contribution in [0.15, 0.2) is 21.2 Å². The fourth-order valence-corrected chi connectivity index (χ4v) is 2.71. The van der Waals surface area contributed by atoms with Crippen molar-refractivity contribution in [1.82, 2.24) is 9.80 Å². The van der Waals surface area contributed by atoms with Gasteiger partial charge in [0.15, 0.2) is 10.4 Å². The summed E-state index contributed by atoms with van der Waals surface area (Å²) in [5, 5.41) is 0. The first-order chi connectivity index (χ1) is 9.47. The second kappa shape index (κ2) is 6.43. The van der Waals surface area contributed by atoms with E-state index in [0.29, 0.717) is 10.6 Å². The van der Waals surface area contributed by atoms with E-state index in [2.05, 4.69) is 22.9 Å². The van der Waals surface area contributed by atoms with Gasteiger partial charge < -0.3 is 14.2 Å². The smallest absolute Gasteiger partial charge is 0.289 e. The van der Waals surface area contributed by atoms with Crippen molar-refractivity contribution in [2.45, 2.75) is 19.8 Å². The van der Waals surface area contributed by atoms with Gasteiger partial charge in [-0.15, -0.1) is 0 Å². The molecule has 0 N–H and O–H groups in total. The lowest BCUT2D eigenvalue weighted by Crippen LogP contribution is -2.45. The highest BCUT2D eigenvalue weighted by atomic mass is 79.9. The summed E-state index contributed by atoms with van der Waals surface area (Å²) in [6, 6.07) is 3.26. The molecule has 0 aromatic carbocycles. The molecule has 0 spiro atoms. The molecule has 1 saturated heterocycles. The van der Waals surface area contributed by atoms with Crippen molar-refractivity contribution in [3.8, 4) is 0 Å². The molecule has 1 aliphatic heterocycles. The first-order valence-electron chi connectivity index (χ1n) is 6.76. The molecule has 0 bridgehead atoms. The zero-order valence-corrected chi connectivity index (χ0v) is 13.4. The fraction of sp³-hybridized carbons (Fsp3) is 0.571. The van der Waals surface area contributed by atoms with E-state index in [4.69, 9.17) is 4.42 Å². The number of piperidine rings is 1. The summed E-state index contributed by atoms with van der Waals surface area (Å²) in [4.78, 5) is 27.5. The molecule has 1 unspecified atom stereocenters. The van der Waals surface area contributed by atoms with Crippen LogP contribution in [-0.2, 0) is 4.79 Å². The van der Waals surface area contributed by atoms with Crippen molar-refractivity contribution in [3.05, 3.63) is 22.6 Å². The number of hydrogen-bond donors (Lipinski definition) is 0. The Kier molecular flexibility index (Phi) is 4.86. The van der Waals surface area contributed by atoms with Gasteiger partial charge in [-0.05, 0) is 46.8 Å². The summed E-state index contributed by atoms with van der Waals surface area (Å²) in [6.07, 6.45) is 2.20. The van der Waals surface area contributed by atoms with E-state index in [1.807, 2.05) is 4.90 Å². The highest BCUT2D eigenvalue weighted by Gasteiger charge is 2.24. The highest BCUT2D eigenvalue weighted by molar-refractivity contribution is 9.10. The number of furan rings is 1. The maximum atomic E-state index is 12.2. The molecule has 1 aromatic rings. The van der Waals surface area contributed by atoms with E-state index < -0.39 is 0 Å². The molecular weight excluding hydrogens is 324 g/mol. The highest BCUT2D eigenvalue weighted by Crippen LogP contribution is 2.17. The molecule has 0 aliphatic carbocycles. The average molecular weight is 343 g/mol. The molecule has 2 amide bonds. The van der Waals surface area contributed by atoms with Gasteiger partial charge in [-0.2, -0.15) is 0 Å². The largest absolute Gasteiger partial charge is 0.444 e. The van der Waals surface area contributed by atoms with Crippen LogP contribution in [0.2, 0.25) is 0 Å². The molecule has 110 valence electrons. The van der Waals surface area contributed by atoms with E-state index in [9.17, 15) is 9.59 Å². The van der Waals surface area contributed by atoms with Crippen LogP contribution in [0.1, 0.15) is 30.3 Å². The van der Waals surface area contributed by atoms with Crippen molar-refractivity contribution in [1.29, 1.82) is 0 Å². The minimum absolute atomic E-state index is 0.00183. The van der Waals surface area contributed by atoms with Crippen LogP contribution in [0.3, 0.4) is 0 Å². The average Bonchev–Trinajstić information content (AvgIpc) is 2.84. The Hall–Kier alpha value is -1.30. The molecular formula is C14H19BrN2O3. The number of nitrogens with zero attached hydrogens (tertiary/aromatic N) is 2. The van der Waals surface area contributed by atoms with E-state index in [0.717, 1.165) is 19.5 Å². The molecule has 6 heteroatoms. The molecule has 1 aromatic heterocycles. The Labute approximate surface area is 127 Å². The number of likely N-dealkylation sites (tertiary alicyclic amines) is 1. The Balaban J connectivity index is 1.91. The SMILES string of the molecule is CC1CCCN(C(=O)CN(C)C(=O)c2ccc(Br)o2)C1. The molecule has 1 fully saturated rings. The molecule has 2 rings (SSSR count). The van der Waals surface area contributed by atoms with Crippen LogP contribution in [0.5, 0.6) is 0 Å². The third-order valence-electron chi connectivity index (χ3n) is 3.51. The van der Waals surface area contributed by atoms with Gasteiger partial charge >= 0.3 is 0 Å². The normalized spacial score (nSPS) is 18.9. The summed E-state index contributed by atoms with van der Waals surface area (Å²) in [5.74, 6) is 0.487. The van der Waals surface area contributed by atoms with E-state index in [1.54, 1.807) is 19.2 Å². The van der Waals surface area contributed by atoms with Crippen molar-refractivity contribution in [2.75, 3.05) is 26.7 Å². The van der Waals surface area contributed by atoms with Crippen molar-refractivity contribution >= 4 is 27.7 Å². The monoisotopic (exact) mass is 342 g/mol. The predicted molar refractivity (Wildman–Crippen MR) is 78.3 cm³/mol. The number of rotatable bonds is 3. The first kappa shape index (κ1) is 15.1. The third-order valence-corrected chi connectivity index (χ3v) is 3.94. The van der Waals surface area contributed by atoms with Crippen molar-refractivity contribution < 1.29 is 14.0 Å². The van der Waals surface area contributed by atoms with Crippen molar-refractivity contribution in [3.63, 3.8) is 0 Å². The molecule has 20 heavy (non-hydrogen) atoms. The van der Waals surface area contributed by atoms with E-state index in [-0.39, 0.29) is 24.1 Å². The number of carbonyl (C=O) groups is 2. The van der Waals surface area contributed by atoms with Crippen LogP contribution in [0, 0.1) is 5.92 Å². The van der Waals surface area contributed by atoms with Crippen LogP contribution < -0.4 is 0 Å². The minimum atomic E-state index is -0.283. The topological polar surface area (TPSA) is 53.8 Å². The molecule has 0 saturated carbocycles. The summed E-state index contributed by atoms with van der Waals surface area (Å²) in [6.45, 7) is 3.81. The van der Waals surface area contributed by atoms with E-state index in [1.165, 1.54) is 11.3 Å². The predicted octanol–water partition coefficient (Wildman–Crippen LogP) is 2.37. The number of amides is 2. The summed E-state index contributed by atoms with van der Waals surface area (Å²) in [7, 11) is 1.62. The van der Waals surface area contributed by atoms with Gasteiger partial charge in [-0.25, -0.2) is 0 Å². The summed E-state index contributed by atoms with van der Waals surface area (Å²) in [5.41, 5.74) is 0. The fourth-order valence-electron chi connectivity index (χ4n) is 2.41. The molecule has 2 heterocycles. The summed E-state index contributed by atoms with van der Waals surface area (Å²) >= 11 is 3.16. The Morgan fingerprint density at radius 1 is 1.50 bits per heavy atom. The number of hydrogen-bond acceptors (Lipinski definition) is 3. The maximum absolute atomic E-state index is 12.2. The van der Waals surface area contributed by atoms with Gasteiger partial charge in [-0.1, -0.05) is 6.92 Å². The Morgan fingerprint density at radius 2 is 2.25 bits per heavy atom. The second-order valence-electron chi connectivity index (χ2n) is 5.35. The zero-order chi connectivity index (χ0) is 14.7. The van der Waals surface area contributed by atoms with Crippen LogP contribution >= 0.6 is 15.9 Å². The third kappa shape index (κ3) is 3.62. The zero-order valence-electron chi connectivity index (χ0n) is 11.8. The van der Waals surface area contributed by atoms with Gasteiger partial charge in [0.25, 0.3) is 5.91 Å². The minimum Gasteiger partial charge on any atom is -0.444 e. The summed E-state index contributed by atoms with van der Waals surface area (Å²) < 4.78 is 5.72. The second-order valence-corrected chi connectivity index (χ2v) is 6.13. The lowest BCUT2D eigenvalue weighted by Gasteiger charge is -2.32. The van der Waals surface area contributed by atoms with Gasteiger partial charge in [0.1, 0.15) is 0 Å². The standard InChI is InChI=1S/C14H19BrN2O3/c1-10-4-3-7-17(8-10)13(18)9-16(2)14(19)11-5-6-12(15)20-11/h5-6,10H,3-4,7-9H2,1-2H3. The molecule has 5 nitrogen and oxygen atoms in total. The lowest BCUT2D eigenvalue weighted by atomic mass is 10.0.